The average Bonchev–Trinajstić information content (AvgIpc) is 3.85. The molecule has 0 saturated carbocycles. The number of benzene rings is 8. The van der Waals surface area contributed by atoms with E-state index in [2.05, 4.69) is 142 Å². The Bertz CT molecular complexity index is 3510. The van der Waals surface area contributed by atoms with E-state index in [1.54, 1.807) is 0 Å². The molecule has 0 amide bonds. The second-order valence-corrected chi connectivity index (χ2v) is 14.7. The summed E-state index contributed by atoms with van der Waals surface area (Å²) < 4.78 is 4.72. The van der Waals surface area contributed by atoms with Gasteiger partial charge in [-0.25, -0.2) is 19.9 Å². The van der Waals surface area contributed by atoms with Gasteiger partial charge in [0.15, 0.2) is 17.5 Å². The van der Waals surface area contributed by atoms with E-state index in [1.165, 1.54) is 21.5 Å². The molecule has 0 bridgehead atoms. The van der Waals surface area contributed by atoms with Crippen molar-refractivity contribution < 1.29 is 0 Å². The Morgan fingerprint density at radius 1 is 0.293 bits per heavy atom. The third-order valence-electron chi connectivity index (χ3n) is 11.3. The highest BCUT2D eigenvalue weighted by Crippen LogP contribution is 2.40. The zero-order valence-electron chi connectivity index (χ0n) is 31.2. The summed E-state index contributed by atoms with van der Waals surface area (Å²) in [4.78, 5) is 20.1. The van der Waals surface area contributed by atoms with E-state index < -0.39 is 0 Å². The van der Waals surface area contributed by atoms with Crippen molar-refractivity contribution >= 4 is 60.2 Å². The summed E-state index contributed by atoms with van der Waals surface area (Å²) in [6.07, 6.45) is 0. The highest BCUT2D eigenvalue weighted by Gasteiger charge is 2.19. The minimum atomic E-state index is 0.631. The topological polar surface area (TPSA) is 60.9 Å². The van der Waals surface area contributed by atoms with Gasteiger partial charge in [0, 0.05) is 43.9 Å². The van der Waals surface area contributed by atoms with Crippen molar-refractivity contribution in [3.63, 3.8) is 0 Å². The lowest BCUT2D eigenvalue weighted by Gasteiger charge is -2.13. The molecule has 8 aromatic carbocycles. The molecule has 0 aliphatic carbocycles. The molecule has 0 fully saturated rings. The van der Waals surface area contributed by atoms with Crippen molar-refractivity contribution in [2.45, 2.75) is 0 Å². The van der Waals surface area contributed by atoms with Gasteiger partial charge in [-0.2, -0.15) is 0 Å². The van der Waals surface area contributed by atoms with Crippen molar-refractivity contribution in [1.82, 2.24) is 28.9 Å². The number of hydrogen-bond donors (Lipinski definition) is 0. The summed E-state index contributed by atoms with van der Waals surface area (Å²) in [6, 6.07) is 68.1. The predicted octanol–water partition coefficient (Wildman–Crippen LogP) is 12.7. The van der Waals surface area contributed by atoms with Crippen LogP contribution >= 0.6 is 0 Å². The molecule has 6 heteroatoms. The highest BCUT2D eigenvalue weighted by atomic mass is 15.0. The molecule has 4 aromatic heterocycles. The van der Waals surface area contributed by atoms with Gasteiger partial charge in [0.25, 0.3) is 0 Å². The maximum atomic E-state index is 5.20. The Labute approximate surface area is 333 Å². The van der Waals surface area contributed by atoms with Crippen LogP contribution in [0.25, 0.3) is 111 Å². The SMILES string of the molecule is c1ccc(-c2nc(-c3ccccc3)nc(-c3cccc(-c4cccc(-n5c6ccccc6c6cc7c(cc65)c5ccccc5n5c6ccccc6nc75)c4)c3)n2)cc1. The predicted molar refractivity (Wildman–Crippen MR) is 237 cm³/mol. The number of pyridine rings is 1. The van der Waals surface area contributed by atoms with E-state index in [0.717, 1.165) is 72.1 Å². The minimum Gasteiger partial charge on any atom is -0.309 e. The maximum absolute atomic E-state index is 5.20. The van der Waals surface area contributed by atoms with Gasteiger partial charge < -0.3 is 4.57 Å². The molecule has 0 N–H and O–H groups in total. The largest absolute Gasteiger partial charge is 0.309 e. The maximum Gasteiger partial charge on any atom is 0.164 e. The first-order chi connectivity index (χ1) is 28.7. The molecule has 58 heavy (non-hydrogen) atoms. The number of hydrogen-bond acceptors (Lipinski definition) is 4. The average molecular weight is 741 g/mol. The van der Waals surface area contributed by atoms with Gasteiger partial charge in [-0.05, 0) is 71.1 Å². The van der Waals surface area contributed by atoms with Gasteiger partial charge in [-0.15, -0.1) is 0 Å². The zero-order valence-corrected chi connectivity index (χ0v) is 31.2. The molecule has 0 aliphatic rings. The van der Waals surface area contributed by atoms with Gasteiger partial charge >= 0.3 is 0 Å². The molecule has 0 aliphatic heterocycles. The molecule has 6 nitrogen and oxygen atoms in total. The summed E-state index contributed by atoms with van der Waals surface area (Å²) >= 11 is 0. The summed E-state index contributed by atoms with van der Waals surface area (Å²) in [6.45, 7) is 0. The van der Waals surface area contributed by atoms with E-state index in [0.29, 0.717) is 17.5 Å². The molecular formula is C52H32N6. The van der Waals surface area contributed by atoms with Gasteiger partial charge in [-0.1, -0.05) is 140 Å². The monoisotopic (exact) mass is 740 g/mol. The van der Waals surface area contributed by atoms with Crippen LogP contribution in [0.5, 0.6) is 0 Å². The van der Waals surface area contributed by atoms with Gasteiger partial charge in [0.2, 0.25) is 0 Å². The van der Waals surface area contributed by atoms with Crippen molar-refractivity contribution in [1.29, 1.82) is 0 Å². The van der Waals surface area contributed by atoms with E-state index in [4.69, 9.17) is 19.9 Å². The second kappa shape index (κ2) is 12.8. The summed E-state index contributed by atoms with van der Waals surface area (Å²) in [7, 11) is 0. The molecule has 12 aromatic rings. The molecule has 12 rings (SSSR count). The lowest BCUT2D eigenvalue weighted by atomic mass is 10.0. The van der Waals surface area contributed by atoms with Crippen molar-refractivity contribution in [3.05, 3.63) is 194 Å². The van der Waals surface area contributed by atoms with Crippen LogP contribution in [0.4, 0.5) is 0 Å². The number of nitrogens with zero attached hydrogens (tertiary/aromatic N) is 6. The minimum absolute atomic E-state index is 0.631. The molecule has 0 atom stereocenters. The van der Waals surface area contributed by atoms with Crippen molar-refractivity contribution in [2.75, 3.05) is 0 Å². The quantitative estimate of drug-likeness (QED) is 0.165. The van der Waals surface area contributed by atoms with Gasteiger partial charge in [0.05, 0.1) is 27.6 Å². The third kappa shape index (κ3) is 5.05. The molecular weight excluding hydrogens is 709 g/mol. The fourth-order valence-electron chi connectivity index (χ4n) is 8.65. The molecule has 0 unspecified atom stereocenters. The van der Waals surface area contributed by atoms with Gasteiger partial charge in [-0.3, -0.25) is 4.40 Å². The normalized spacial score (nSPS) is 11.8. The Kier molecular flexibility index (Phi) is 7.13. The number of aromatic nitrogens is 6. The molecule has 0 spiro atoms. The van der Waals surface area contributed by atoms with Crippen LogP contribution in [0.15, 0.2) is 194 Å². The number of para-hydroxylation sites is 4. The van der Waals surface area contributed by atoms with E-state index >= 15 is 0 Å². The zero-order chi connectivity index (χ0) is 38.2. The lowest BCUT2D eigenvalue weighted by molar-refractivity contribution is 1.07. The Morgan fingerprint density at radius 2 is 0.828 bits per heavy atom. The summed E-state index contributed by atoms with van der Waals surface area (Å²) in [5.74, 6) is 1.92. The Morgan fingerprint density at radius 3 is 1.55 bits per heavy atom. The van der Waals surface area contributed by atoms with Crippen LogP contribution in [0, 0.1) is 0 Å². The van der Waals surface area contributed by atoms with Crippen LogP contribution in [-0.4, -0.2) is 28.9 Å². The highest BCUT2D eigenvalue weighted by molar-refractivity contribution is 6.21. The number of fused-ring (bicyclic) bond motifs is 11. The van der Waals surface area contributed by atoms with Crippen LogP contribution in [-0.2, 0) is 0 Å². The lowest BCUT2D eigenvalue weighted by Crippen LogP contribution is -2.00. The fraction of sp³-hybridized carbons (Fsp3) is 0. The van der Waals surface area contributed by atoms with E-state index in [9.17, 15) is 0 Å². The number of rotatable bonds is 5. The van der Waals surface area contributed by atoms with Crippen LogP contribution in [0.3, 0.4) is 0 Å². The Balaban J connectivity index is 1.04. The smallest absolute Gasteiger partial charge is 0.164 e. The number of imidazole rings is 1. The van der Waals surface area contributed by atoms with Gasteiger partial charge in [0.1, 0.15) is 5.65 Å². The van der Waals surface area contributed by atoms with E-state index in [-0.39, 0.29) is 0 Å². The van der Waals surface area contributed by atoms with Crippen molar-refractivity contribution in [2.24, 2.45) is 0 Å². The first kappa shape index (κ1) is 32.3. The Hall–Kier alpha value is -7.96. The second-order valence-electron chi connectivity index (χ2n) is 14.7. The first-order valence-corrected chi connectivity index (χ1v) is 19.5. The van der Waals surface area contributed by atoms with Crippen LogP contribution in [0.1, 0.15) is 0 Å². The molecule has 0 radical (unpaired) electrons. The first-order valence-electron chi connectivity index (χ1n) is 19.5. The van der Waals surface area contributed by atoms with Crippen molar-refractivity contribution in [3.8, 4) is 51.0 Å². The standard InChI is InChI=1S/C52H32N6/c1-3-15-33(16-4-1)49-54-50(34-17-5-2-6-18-34)56-51(55-49)37-21-13-19-35(29-37)36-20-14-22-38(30-36)57-45-26-10-8-24-40(45)42-31-43-41(32-48(42)57)39-23-7-11-27-46(39)58-47-28-12-9-25-44(47)53-52(43)58/h1-32H. The molecule has 0 saturated heterocycles. The third-order valence-corrected chi connectivity index (χ3v) is 11.3. The molecule has 4 heterocycles. The van der Waals surface area contributed by atoms with Crippen LogP contribution < -0.4 is 0 Å². The summed E-state index contributed by atoms with van der Waals surface area (Å²) in [5, 5.41) is 5.91. The van der Waals surface area contributed by atoms with E-state index in [1.807, 2.05) is 60.7 Å². The summed E-state index contributed by atoms with van der Waals surface area (Å²) in [5.41, 5.74) is 12.6. The fourth-order valence-corrected chi connectivity index (χ4v) is 8.65. The van der Waals surface area contributed by atoms with Crippen LogP contribution in [0.2, 0.25) is 0 Å². The molecule has 270 valence electrons.